The molecule has 1 aliphatic heterocycles. The van der Waals surface area contributed by atoms with E-state index in [0.29, 0.717) is 31.9 Å². The van der Waals surface area contributed by atoms with Crippen molar-refractivity contribution in [3.05, 3.63) is 123 Å². The molecule has 1 aromatic heterocycles. The predicted octanol–water partition coefficient (Wildman–Crippen LogP) is 6.89. The summed E-state index contributed by atoms with van der Waals surface area (Å²) in [4.78, 5) is 30.5. The van der Waals surface area contributed by atoms with Gasteiger partial charge in [-0.1, -0.05) is 76.5 Å². The number of aromatic nitrogens is 1. The fraction of sp³-hybridized carbons (Fsp3) is 0.194. The molecule has 234 valence electrons. The Morgan fingerprint density at radius 3 is 2.42 bits per heavy atom. The number of hydrogen-bond acceptors (Lipinski definition) is 7. The lowest BCUT2D eigenvalue weighted by molar-refractivity contribution is -0.140. The van der Waals surface area contributed by atoms with Crippen molar-refractivity contribution in [2.45, 2.75) is 25.7 Å². The van der Waals surface area contributed by atoms with E-state index < -0.39 is 35.0 Å². The number of carbonyl (C=O) groups excluding carboxylic acids is 1. The summed E-state index contributed by atoms with van der Waals surface area (Å²) in [6.45, 7) is 1.30. The molecule has 7 nitrogen and oxygen atoms in total. The van der Waals surface area contributed by atoms with Gasteiger partial charge in [0.15, 0.2) is 22.0 Å². The van der Waals surface area contributed by atoms with Gasteiger partial charge in [-0.05, 0) is 48.9 Å². The molecular weight excluding hydrogens is 676 g/mol. The topological polar surface area (TPSA) is 79.1 Å². The summed E-state index contributed by atoms with van der Waals surface area (Å²) in [5.74, 6) is -0.647. The van der Waals surface area contributed by atoms with E-state index in [4.69, 9.17) is 49.0 Å². The quantitative estimate of drug-likeness (QED) is 0.188. The lowest BCUT2D eigenvalue weighted by Gasteiger charge is -2.26. The van der Waals surface area contributed by atoms with Gasteiger partial charge in [0.1, 0.15) is 6.61 Å². The molecule has 14 heteroatoms. The van der Waals surface area contributed by atoms with Gasteiger partial charge in [-0.25, -0.2) is 9.79 Å². The predicted molar refractivity (Wildman–Crippen MR) is 166 cm³/mol. The van der Waals surface area contributed by atoms with E-state index >= 15 is 0 Å². The zero-order valence-electron chi connectivity index (χ0n) is 23.5. The summed E-state index contributed by atoms with van der Waals surface area (Å²) in [7, 11) is 1.44. The van der Waals surface area contributed by atoms with Crippen molar-refractivity contribution in [2.75, 3.05) is 13.7 Å². The number of thiazole rings is 1. The van der Waals surface area contributed by atoms with E-state index in [2.05, 4.69) is 4.99 Å². The molecular formula is C31H22Cl3F3N2O5S. The Kier molecular flexibility index (Phi) is 9.64. The fourth-order valence-corrected chi connectivity index (χ4v) is 6.27. The van der Waals surface area contributed by atoms with Crippen LogP contribution in [-0.2, 0) is 16.1 Å². The van der Waals surface area contributed by atoms with E-state index in [1.807, 2.05) is 0 Å². The first-order valence-electron chi connectivity index (χ1n) is 13.2. The summed E-state index contributed by atoms with van der Waals surface area (Å²) >= 11 is 19.1. The molecule has 1 aliphatic rings. The minimum Gasteiger partial charge on any atom is -0.493 e. The first kappa shape index (κ1) is 32.6. The Bertz CT molecular complexity index is 1990. The summed E-state index contributed by atoms with van der Waals surface area (Å²) in [6, 6.07) is 14.2. The Labute approximate surface area is 273 Å². The second-order valence-corrected chi connectivity index (χ2v) is 11.8. The summed E-state index contributed by atoms with van der Waals surface area (Å²) in [5, 5.41) is 1.15. The molecule has 4 aromatic rings. The number of carbonyl (C=O) groups is 1. The Morgan fingerprint density at radius 2 is 1.78 bits per heavy atom. The van der Waals surface area contributed by atoms with Crippen LogP contribution in [0.2, 0.25) is 15.1 Å². The molecule has 5 rings (SSSR count). The second kappa shape index (κ2) is 13.3. The zero-order chi connectivity index (χ0) is 32.5. The van der Waals surface area contributed by atoms with E-state index in [9.17, 15) is 22.8 Å². The Hall–Kier alpha value is -3.77. The molecule has 0 bridgehead atoms. The van der Waals surface area contributed by atoms with Gasteiger partial charge in [0.05, 0.1) is 29.9 Å². The van der Waals surface area contributed by atoms with Crippen LogP contribution in [0.3, 0.4) is 0 Å². The van der Waals surface area contributed by atoms with Crippen LogP contribution in [0.25, 0.3) is 6.08 Å². The van der Waals surface area contributed by atoms with Crippen LogP contribution in [-0.4, -0.2) is 30.4 Å². The third-order valence-corrected chi connectivity index (χ3v) is 8.51. The fourth-order valence-electron chi connectivity index (χ4n) is 4.69. The van der Waals surface area contributed by atoms with E-state index in [0.717, 1.165) is 15.9 Å². The summed E-state index contributed by atoms with van der Waals surface area (Å²) in [6.07, 6.45) is -3.57. The average Bonchev–Trinajstić information content (AvgIpc) is 3.30. The third kappa shape index (κ3) is 6.76. The molecule has 3 aromatic carbocycles. The minimum absolute atomic E-state index is 0.0207. The largest absolute Gasteiger partial charge is 0.493 e. The molecule has 0 spiro atoms. The number of halogens is 6. The molecule has 1 atom stereocenters. The van der Waals surface area contributed by atoms with Crippen molar-refractivity contribution >= 4 is 58.2 Å². The van der Waals surface area contributed by atoms with E-state index in [-0.39, 0.29) is 33.9 Å². The smallest absolute Gasteiger partial charge is 0.434 e. The van der Waals surface area contributed by atoms with Crippen LogP contribution in [0.1, 0.15) is 29.7 Å². The van der Waals surface area contributed by atoms with E-state index in [1.165, 1.54) is 44.4 Å². The highest BCUT2D eigenvalue weighted by Gasteiger charge is 2.45. The highest BCUT2D eigenvalue weighted by atomic mass is 35.5. The SMILES string of the molecule is CCOC(=O)C1=C(C(F)(F)F)N=c2s/c(=C\c3cccc(OC)c3OCc3ccc(Cl)cc3Cl)c(=O)n2[C@@H]1c1ccc(Cl)cc1. The Balaban J connectivity index is 1.70. The number of nitrogens with zero attached hydrogens (tertiary/aromatic N) is 2. The van der Waals surface area contributed by atoms with Crippen LogP contribution in [0.5, 0.6) is 11.5 Å². The maximum Gasteiger partial charge on any atom is 0.434 e. The van der Waals surface area contributed by atoms with Gasteiger partial charge < -0.3 is 14.2 Å². The van der Waals surface area contributed by atoms with Crippen molar-refractivity contribution in [1.29, 1.82) is 0 Å². The van der Waals surface area contributed by atoms with E-state index in [1.54, 1.807) is 36.4 Å². The number of hydrogen-bond donors (Lipinski definition) is 0. The molecule has 0 aliphatic carbocycles. The average molecular weight is 698 g/mol. The zero-order valence-corrected chi connectivity index (χ0v) is 26.5. The van der Waals surface area contributed by atoms with Crippen molar-refractivity contribution in [3.8, 4) is 11.5 Å². The van der Waals surface area contributed by atoms with Crippen molar-refractivity contribution in [1.82, 2.24) is 4.57 Å². The number of benzene rings is 3. The molecule has 0 unspecified atom stereocenters. The van der Waals surface area contributed by atoms with Gasteiger partial charge in [0.2, 0.25) is 0 Å². The molecule has 0 N–H and O–H groups in total. The highest BCUT2D eigenvalue weighted by molar-refractivity contribution is 7.07. The monoisotopic (exact) mass is 696 g/mol. The molecule has 0 amide bonds. The normalized spacial score (nSPS) is 15.0. The number of ether oxygens (including phenoxy) is 3. The number of rotatable bonds is 8. The number of esters is 1. The maximum absolute atomic E-state index is 14.4. The van der Waals surface area contributed by atoms with Crippen molar-refractivity contribution in [3.63, 3.8) is 0 Å². The highest BCUT2D eigenvalue weighted by Crippen LogP contribution is 2.39. The van der Waals surface area contributed by atoms with Crippen LogP contribution < -0.4 is 24.4 Å². The minimum atomic E-state index is -5.03. The van der Waals surface area contributed by atoms with Crippen molar-refractivity contribution in [2.24, 2.45) is 4.99 Å². The van der Waals surface area contributed by atoms with Crippen LogP contribution in [0.15, 0.2) is 81.7 Å². The van der Waals surface area contributed by atoms with Gasteiger partial charge in [-0.3, -0.25) is 9.36 Å². The number of fused-ring (bicyclic) bond motifs is 1. The number of allylic oxidation sites excluding steroid dienone is 1. The third-order valence-electron chi connectivity index (χ3n) is 6.68. The van der Waals surface area contributed by atoms with Crippen LogP contribution >= 0.6 is 46.1 Å². The molecule has 45 heavy (non-hydrogen) atoms. The summed E-state index contributed by atoms with van der Waals surface area (Å²) < 4.78 is 60.8. The van der Waals surface area contributed by atoms with Gasteiger partial charge in [-0.2, -0.15) is 13.2 Å². The first-order chi connectivity index (χ1) is 21.4. The van der Waals surface area contributed by atoms with Crippen LogP contribution in [0.4, 0.5) is 13.2 Å². The summed E-state index contributed by atoms with van der Waals surface area (Å²) in [5.41, 5.74) is -1.71. The molecule has 0 saturated carbocycles. The standard InChI is InChI=1S/C31H22Cl3F3N2O5S/c1-3-43-29(41)24-25(16-7-10-19(32)11-8-16)39-28(40)23(45-30(39)38-27(24)31(35,36)37)13-17-5-4-6-22(42-2)26(17)44-15-18-9-12-20(33)14-21(18)34/h4-14,25H,3,15H2,1-2H3/b23-13-/t25-/m1/s1. The van der Waals surface area contributed by atoms with Gasteiger partial charge in [0.25, 0.3) is 5.56 Å². The lowest BCUT2D eigenvalue weighted by Crippen LogP contribution is -2.41. The van der Waals surface area contributed by atoms with Gasteiger partial charge in [0, 0.05) is 26.2 Å². The van der Waals surface area contributed by atoms with Crippen molar-refractivity contribution < 1.29 is 32.2 Å². The van der Waals surface area contributed by atoms with Gasteiger partial charge in [-0.15, -0.1) is 0 Å². The lowest BCUT2D eigenvalue weighted by atomic mass is 9.95. The number of alkyl halides is 3. The number of methoxy groups -OCH3 is 1. The molecule has 0 fully saturated rings. The Morgan fingerprint density at radius 1 is 1.07 bits per heavy atom. The molecule has 2 heterocycles. The van der Waals surface area contributed by atoms with Crippen LogP contribution in [0, 0.1) is 0 Å². The maximum atomic E-state index is 14.4. The van der Waals surface area contributed by atoms with Gasteiger partial charge >= 0.3 is 12.1 Å². The first-order valence-corrected chi connectivity index (χ1v) is 15.2. The molecule has 0 saturated heterocycles. The molecule has 0 radical (unpaired) electrons. The number of para-hydroxylation sites is 1. The second-order valence-electron chi connectivity index (χ2n) is 9.52.